The summed E-state index contributed by atoms with van der Waals surface area (Å²) in [6, 6.07) is 20.6. The van der Waals surface area contributed by atoms with Crippen LogP contribution in [0.1, 0.15) is 23.1 Å². The van der Waals surface area contributed by atoms with E-state index in [-0.39, 0.29) is 12.4 Å². The van der Waals surface area contributed by atoms with Gasteiger partial charge in [0.2, 0.25) is 0 Å². The summed E-state index contributed by atoms with van der Waals surface area (Å²) < 4.78 is 41.0. The molecule has 0 saturated heterocycles. The first kappa shape index (κ1) is 25.5. The van der Waals surface area contributed by atoms with Crippen LogP contribution in [0.15, 0.2) is 76.5 Å². The second kappa shape index (κ2) is 10.00. The number of anilines is 2. The summed E-state index contributed by atoms with van der Waals surface area (Å²) >= 11 is 1.53. The highest BCUT2D eigenvalue weighted by Gasteiger charge is 2.33. The molecule has 0 N–H and O–H groups in total. The summed E-state index contributed by atoms with van der Waals surface area (Å²) in [5.41, 5.74) is 3.57. The predicted molar refractivity (Wildman–Crippen MR) is 125 cm³/mol. The van der Waals surface area contributed by atoms with Crippen molar-refractivity contribution in [3.05, 3.63) is 83.4 Å². The third kappa shape index (κ3) is 6.05. The SMILES string of the molecule is Cc1ccc(C[N+](C)(C)CCCN2c3ccccc3Sc3ccc(C(F)(F)F)cc32)cc1.[Cl-]. The normalized spacial score (nSPS) is 13.2. The summed E-state index contributed by atoms with van der Waals surface area (Å²) in [5, 5.41) is 0. The Morgan fingerprint density at radius 2 is 1.55 bits per heavy atom. The summed E-state index contributed by atoms with van der Waals surface area (Å²) in [6.45, 7) is 4.59. The standard InChI is InChI=1S/C26H28F3N2S.ClH/c1-19-9-11-20(12-10-19)18-31(2,3)16-6-15-30-22-7-4-5-8-24(22)32-25-14-13-21(17-23(25)30)26(27,28)29;/h4-5,7-14,17H,6,15-16,18H2,1-3H3;1H/q+1;/p-1. The fourth-order valence-corrected chi connectivity index (χ4v) is 5.25. The molecular formula is C26H28ClF3N2S. The highest BCUT2D eigenvalue weighted by molar-refractivity contribution is 7.99. The van der Waals surface area contributed by atoms with Crippen LogP contribution in [0, 0.1) is 6.92 Å². The van der Waals surface area contributed by atoms with Crippen molar-refractivity contribution in [2.24, 2.45) is 0 Å². The number of fused-ring (bicyclic) bond motifs is 2. The van der Waals surface area contributed by atoms with Crippen molar-refractivity contribution >= 4 is 23.1 Å². The molecule has 2 nitrogen and oxygen atoms in total. The van der Waals surface area contributed by atoms with E-state index in [1.54, 1.807) is 6.07 Å². The Balaban J connectivity index is 0.00000306. The zero-order valence-corrected chi connectivity index (χ0v) is 20.6. The Morgan fingerprint density at radius 3 is 2.24 bits per heavy atom. The first-order valence-corrected chi connectivity index (χ1v) is 11.6. The van der Waals surface area contributed by atoms with E-state index < -0.39 is 11.7 Å². The van der Waals surface area contributed by atoms with Gasteiger partial charge in [0.15, 0.2) is 0 Å². The van der Waals surface area contributed by atoms with Gasteiger partial charge >= 0.3 is 6.18 Å². The van der Waals surface area contributed by atoms with Gasteiger partial charge in [-0.3, -0.25) is 0 Å². The maximum absolute atomic E-state index is 13.4. The van der Waals surface area contributed by atoms with Gasteiger partial charge in [-0.1, -0.05) is 53.7 Å². The quantitative estimate of drug-likeness (QED) is 0.472. The maximum Gasteiger partial charge on any atom is 0.416 e. The number of para-hydroxylation sites is 1. The molecule has 4 rings (SSSR count). The van der Waals surface area contributed by atoms with Gasteiger partial charge in [-0.25, -0.2) is 0 Å². The average molecular weight is 493 g/mol. The lowest BCUT2D eigenvalue weighted by atomic mass is 10.1. The van der Waals surface area contributed by atoms with Gasteiger partial charge in [-0.2, -0.15) is 13.2 Å². The lowest BCUT2D eigenvalue weighted by molar-refractivity contribution is -0.903. The van der Waals surface area contributed by atoms with Gasteiger partial charge in [0.1, 0.15) is 6.54 Å². The van der Waals surface area contributed by atoms with Crippen LogP contribution in [0.2, 0.25) is 0 Å². The van der Waals surface area contributed by atoms with Crippen LogP contribution >= 0.6 is 11.8 Å². The molecule has 7 heteroatoms. The van der Waals surface area contributed by atoms with Crippen molar-refractivity contribution in [3.63, 3.8) is 0 Å². The second-order valence-corrected chi connectivity index (χ2v) is 10.1. The lowest BCUT2D eigenvalue weighted by Gasteiger charge is -2.35. The molecule has 1 aliphatic rings. The predicted octanol–water partition coefficient (Wildman–Crippen LogP) is 4.29. The second-order valence-electron chi connectivity index (χ2n) is 9.06. The molecule has 1 heterocycles. The smallest absolute Gasteiger partial charge is 0.416 e. The highest BCUT2D eigenvalue weighted by atomic mass is 35.5. The van der Waals surface area contributed by atoms with E-state index >= 15 is 0 Å². The van der Waals surface area contributed by atoms with Crippen LogP contribution in [0.4, 0.5) is 24.5 Å². The van der Waals surface area contributed by atoms with Crippen molar-refractivity contribution in [2.45, 2.75) is 35.9 Å². The van der Waals surface area contributed by atoms with Crippen molar-refractivity contribution in [1.29, 1.82) is 0 Å². The molecule has 0 radical (unpaired) electrons. The Hall–Kier alpha value is -2.15. The minimum Gasteiger partial charge on any atom is -1.00 e. The maximum atomic E-state index is 13.4. The topological polar surface area (TPSA) is 3.24 Å². The number of benzene rings is 3. The monoisotopic (exact) mass is 492 g/mol. The Morgan fingerprint density at radius 1 is 0.879 bits per heavy atom. The van der Waals surface area contributed by atoms with Gasteiger partial charge in [-0.15, -0.1) is 0 Å². The molecule has 33 heavy (non-hydrogen) atoms. The third-order valence-corrected chi connectivity index (χ3v) is 6.96. The van der Waals surface area contributed by atoms with Crippen molar-refractivity contribution in [2.75, 3.05) is 32.1 Å². The molecule has 0 saturated carbocycles. The summed E-state index contributed by atoms with van der Waals surface area (Å²) in [4.78, 5) is 4.00. The minimum absolute atomic E-state index is 0. The van der Waals surface area contributed by atoms with E-state index in [1.807, 2.05) is 24.3 Å². The Labute approximate surface area is 204 Å². The highest BCUT2D eigenvalue weighted by Crippen LogP contribution is 2.49. The zero-order chi connectivity index (χ0) is 22.9. The summed E-state index contributed by atoms with van der Waals surface area (Å²) in [6.07, 6.45) is -3.48. The van der Waals surface area contributed by atoms with Crippen LogP contribution in [0.25, 0.3) is 0 Å². The fourth-order valence-electron chi connectivity index (χ4n) is 4.17. The first-order chi connectivity index (χ1) is 15.1. The molecule has 0 aromatic heterocycles. The van der Waals surface area contributed by atoms with Crippen molar-refractivity contribution in [1.82, 2.24) is 0 Å². The number of halogens is 4. The molecule has 1 aliphatic heterocycles. The van der Waals surface area contributed by atoms with E-state index in [2.05, 4.69) is 50.2 Å². The molecule has 0 spiro atoms. The molecule has 0 unspecified atom stereocenters. The fraction of sp³-hybridized carbons (Fsp3) is 0.308. The average Bonchev–Trinajstić information content (AvgIpc) is 2.73. The van der Waals surface area contributed by atoms with E-state index in [0.717, 1.165) is 39.5 Å². The first-order valence-electron chi connectivity index (χ1n) is 10.8. The van der Waals surface area contributed by atoms with Crippen LogP contribution in [-0.2, 0) is 12.7 Å². The van der Waals surface area contributed by atoms with Gasteiger partial charge in [0.25, 0.3) is 0 Å². The van der Waals surface area contributed by atoms with Crippen LogP contribution in [0.3, 0.4) is 0 Å². The molecule has 0 atom stereocenters. The van der Waals surface area contributed by atoms with E-state index in [4.69, 9.17) is 0 Å². The summed E-state index contributed by atoms with van der Waals surface area (Å²) in [5.74, 6) is 0. The molecule has 0 bridgehead atoms. The van der Waals surface area contributed by atoms with Gasteiger partial charge in [0, 0.05) is 28.3 Å². The van der Waals surface area contributed by atoms with E-state index in [9.17, 15) is 13.2 Å². The van der Waals surface area contributed by atoms with E-state index in [1.165, 1.54) is 35.0 Å². The summed E-state index contributed by atoms with van der Waals surface area (Å²) in [7, 11) is 4.41. The van der Waals surface area contributed by atoms with Crippen LogP contribution < -0.4 is 17.3 Å². The van der Waals surface area contributed by atoms with E-state index in [0.29, 0.717) is 12.2 Å². The number of aryl methyl sites for hydroxylation is 1. The number of hydrogen-bond acceptors (Lipinski definition) is 2. The molecule has 0 fully saturated rings. The largest absolute Gasteiger partial charge is 1.00 e. The molecule has 0 amide bonds. The molecule has 176 valence electrons. The number of hydrogen-bond donors (Lipinski definition) is 0. The molecule has 0 aliphatic carbocycles. The van der Waals surface area contributed by atoms with Crippen LogP contribution in [-0.4, -0.2) is 31.7 Å². The number of quaternary nitrogens is 1. The third-order valence-electron chi connectivity index (χ3n) is 5.83. The molecule has 3 aromatic rings. The number of alkyl halides is 3. The van der Waals surface area contributed by atoms with Crippen LogP contribution in [0.5, 0.6) is 0 Å². The van der Waals surface area contributed by atoms with Crippen molar-refractivity contribution < 1.29 is 30.1 Å². The Kier molecular flexibility index (Phi) is 7.72. The van der Waals surface area contributed by atoms with Gasteiger partial charge in [-0.05, 0) is 37.3 Å². The molecule has 3 aromatic carbocycles. The number of rotatable bonds is 6. The zero-order valence-electron chi connectivity index (χ0n) is 19.0. The number of nitrogens with zero attached hydrogens (tertiary/aromatic N) is 2. The minimum atomic E-state index is -4.35. The molecular weight excluding hydrogens is 465 g/mol. The Bertz CT molecular complexity index is 1100. The van der Waals surface area contributed by atoms with Gasteiger partial charge in [0.05, 0.1) is 37.6 Å². The van der Waals surface area contributed by atoms with Crippen molar-refractivity contribution in [3.8, 4) is 0 Å². The van der Waals surface area contributed by atoms with Gasteiger partial charge < -0.3 is 21.8 Å². The lowest BCUT2D eigenvalue weighted by Crippen LogP contribution is -3.00.